The monoisotopic (exact) mass is 319 g/mol. The highest BCUT2D eigenvalue weighted by molar-refractivity contribution is 6.30. The van der Waals surface area contributed by atoms with Gasteiger partial charge in [0.25, 0.3) is 0 Å². The molecule has 0 bridgehead atoms. The minimum absolute atomic E-state index is 0.0600. The maximum atomic E-state index is 13.1. The van der Waals surface area contributed by atoms with Crippen LogP contribution < -0.4 is 5.32 Å². The van der Waals surface area contributed by atoms with Crippen molar-refractivity contribution in [3.05, 3.63) is 34.9 Å². The maximum Gasteiger partial charge on any atom is 0.393 e. The summed E-state index contributed by atoms with van der Waals surface area (Å²) in [6.07, 6.45) is -1.01. The first-order valence-electron chi connectivity index (χ1n) is 7.50. The fourth-order valence-electron chi connectivity index (χ4n) is 3.13. The van der Waals surface area contributed by atoms with Gasteiger partial charge in [0.1, 0.15) is 0 Å². The van der Waals surface area contributed by atoms with E-state index in [0.717, 1.165) is 18.4 Å². The second kappa shape index (κ2) is 7.01. The van der Waals surface area contributed by atoms with Crippen LogP contribution >= 0.6 is 11.6 Å². The van der Waals surface area contributed by atoms with E-state index in [-0.39, 0.29) is 12.5 Å². The lowest BCUT2D eigenvalue weighted by Crippen LogP contribution is -2.46. The molecule has 118 valence electrons. The van der Waals surface area contributed by atoms with Gasteiger partial charge in [-0.3, -0.25) is 0 Å². The Morgan fingerprint density at radius 3 is 2.38 bits per heavy atom. The number of rotatable bonds is 4. The Morgan fingerprint density at radius 2 is 1.81 bits per heavy atom. The minimum atomic E-state index is -4.11. The summed E-state index contributed by atoms with van der Waals surface area (Å²) in [6.45, 7) is 1.98. The van der Waals surface area contributed by atoms with Crippen LogP contribution in [0.15, 0.2) is 24.3 Å². The van der Waals surface area contributed by atoms with Crippen molar-refractivity contribution < 1.29 is 13.2 Å². The van der Waals surface area contributed by atoms with Crippen LogP contribution in [0.2, 0.25) is 5.02 Å². The summed E-state index contributed by atoms with van der Waals surface area (Å²) >= 11 is 5.87. The van der Waals surface area contributed by atoms with E-state index in [2.05, 4.69) is 5.32 Å². The van der Waals surface area contributed by atoms with Gasteiger partial charge in [0.2, 0.25) is 0 Å². The van der Waals surface area contributed by atoms with E-state index in [1.807, 2.05) is 19.1 Å². The van der Waals surface area contributed by atoms with E-state index in [4.69, 9.17) is 11.6 Å². The Bertz CT molecular complexity index is 444. The van der Waals surface area contributed by atoms with Crippen LogP contribution in [0.1, 0.15) is 50.6 Å². The van der Waals surface area contributed by atoms with E-state index >= 15 is 0 Å². The molecule has 0 radical (unpaired) electrons. The standard InChI is InChI=1S/C16H21ClF3N/c1-2-14(11-7-9-12(17)10-8-11)21-15-6-4-3-5-13(15)16(18,19)20/h7-10,13-15,21H,2-6H2,1H3. The second-order valence-corrected chi connectivity index (χ2v) is 6.15. The smallest absolute Gasteiger partial charge is 0.307 e. The van der Waals surface area contributed by atoms with Crippen LogP contribution in [-0.2, 0) is 0 Å². The van der Waals surface area contributed by atoms with Gasteiger partial charge in [-0.05, 0) is 37.0 Å². The Kier molecular flexibility index (Phi) is 5.55. The largest absolute Gasteiger partial charge is 0.393 e. The zero-order valence-corrected chi connectivity index (χ0v) is 12.8. The van der Waals surface area contributed by atoms with Crippen molar-refractivity contribution in [3.63, 3.8) is 0 Å². The molecule has 0 spiro atoms. The van der Waals surface area contributed by atoms with Gasteiger partial charge in [0.15, 0.2) is 0 Å². The minimum Gasteiger partial charge on any atom is -0.307 e. The molecule has 3 unspecified atom stereocenters. The molecule has 1 saturated carbocycles. The normalized spacial score (nSPS) is 24.8. The number of alkyl halides is 3. The highest BCUT2D eigenvalue weighted by atomic mass is 35.5. The Labute approximate surface area is 128 Å². The summed E-state index contributed by atoms with van der Waals surface area (Å²) in [4.78, 5) is 0. The molecule has 1 aliphatic rings. The van der Waals surface area contributed by atoms with E-state index in [0.29, 0.717) is 17.9 Å². The molecule has 1 aromatic carbocycles. The van der Waals surface area contributed by atoms with Gasteiger partial charge in [-0.1, -0.05) is 43.5 Å². The predicted octanol–water partition coefficient (Wildman–Crippen LogP) is 5.50. The molecule has 3 atom stereocenters. The summed E-state index contributed by atoms with van der Waals surface area (Å²) < 4.78 is 39.4. The summed E-state index contributed by atoms with van der Waals surface area (Å²) in [5.41, 5.74) is 0.994. The van der Waals surface area contributed by atoms with Gasteiger partial charge in [-0.2, -0.15) is 13.2 Å². The molecule has 0 aromatic heterocycles. The molecule has 0 amide bonds. The van der Waals surface area contributed by atoms with Gasteiger partial charge in [-0.15, -0.1) is 0 Å². The molecular formula is C16H21ClF3N. The summed E-state index contributed by atoms with van der Waals surface area (Å²) in [6, 6.07) is 6.78. The third-order valence-electron chi connectivity index (χ3n) is 4.28. The first-order valence-corrected chi connectivity index (χ1v) is 7.88. The average Bonchev–Trinajstić information content (AvgIpc) is 2.45. The van der Waals surface area contributed by atoms with Crippen molar-refractivity contribution in [1.29, 1.82) is 0 Å². The maximum absolute atomic E-state index is 13.1. The average molecular weight is 320 g/mol. The molecule has 5 heteroatoms. The topological polar surface area (TPSA) is 12.0 Å². The molecule has 1 N–H and O–H groups in total. The second-order valence-electron chi connectivity index (χ2n) is 5.72. The zero-order valence-electron chi connectivity index (χ0n) is 12.1. The molecule has 1 aliphatic carbocycles. The number of hydrogen-bond acceptors (Lipinski definition) is 1. The SMILES string of the molecule is CCC(NC1CCCCC1C(F)(F)F)c1ccc(Cl)cc1. The number of benzene rings is 1. The van der Waals surface area contributed by atoms with E-state index in [1.54, 1.807) is 12.1 Å². The van der Waals surface area contributed by atoms with Gasteiger partial charge in [-0.25, -0.2) is 0 Å². The van der Waals surface area contributed by atoms with Gasteiger partial charge in [0.05, 0.1) is 5.92 Å². The zero-order chi connectivity index (χ0) is 15.5. The number of hydrogen-bond donors (Lipinski definition) is 1. The third kappa shape index (κ3) is 4.36. The first-order chi connectivity index (χ1) is 9.91. The van der Waals surface area contributed by atoms with Gasteiger partial charge >= 0.3 is 6.18 Å². The van der Waals surface area contributed by atoms with Crippen LogP contribution in [0.5, 0.6) is 0 Å². The lowest BCUT2D eigenvalue weighted by molar-refractivity contribution is -0.189. The molecular weight excluding hydrogens is 299 g/mol. The highest BCUT2D eigenvalue weighted by Crippen LogP contribution is 2.38. The Morgan fingerprint density at radius 1 is 1.19 bits per heavy atom. The van der Waals surface area contributed by atoms with Gasteiger partial charge in [0, 0.05) is 17.1 Å². The number of halogens is 4. The van der Waals surface area contributed by atoms with Crippen LogP contribution in [0.4, 0.5) is 13.2 Å². The molecule has 0 saturated heterocycles. The van der Waals surface area contributed by atoms with Crippen LogP contribution in [0.3, 0.4) is 0 Å². The van der Waals surface area contributed by atoms with Crippen molar-refractivity contribution in [2.75, 3.05) is 0 Å². The van der Waals surface area contributed by atoms with E-state index in [9.17, 15) is 13.2 Å². The lowest BCUT2D eigenvalue weighted by atomic mass is 9.83. The summed E-state index contributed by atoms with van der Waals surface area (Å²) in [7, 11) is 0. The van der Waals surface area contributed by atoms with Crippen molar-refractivity contribution in [1.82, 2.24) is 5.32 Å². The van der Waals surface area contributed by atoms with E-state index < -0.39 is 18.1 Å². The molecule has 1 nitrogen and oxygen atoms in total. The van der Waals surface area contributed by atoms with Crippen molar-refractivity contribution in [3.8, 4) is 0 Å². The fraction of sp³-hybridized carbons (Fsp3) is 0.625. The molecule has 21 heavy (non-hydrogen) atoms. The quantitative estimate of drug-likeness (QED) is 0.772. The first kappa shape index (κ1) is 16.6. The molecule has 0 heterocycles. The molecule has 1 fully saturated rings. The van der Waals surface area contributed by atoms with Crippen LogP contribution in [0, 0.1) is 5.92 Å². The third-order valence-corrected chi connectivity index (χ3v) is 4.53. The van der Waals surface area contributed by atoms with E-state index in [1.165, 1.54) is 0 Å². The predicted molar refractivity (Wildman–Crippen MR) is 79.4 cm³/mol. The van der Waals surface area contributed by atoms with Crippen LogP contribution in [-0.4, -0.2) is 12.2 Å². The summed E-state index contributed by atoms with van der Waals surface area (Å²) in [5, 5.41) is 3.87. The number of nitrogens with one attached hydrogen (secondary N) is 1. The Balaban J connectivity index is 2.10. The lowest BCUT2D eigenvalue weighted by Gasteiger charge is -2.36. The van der Waals surface area contributed by atoms with Crippen LogP contribution in [0.25, 0.3) is 0 Å². The van der Waals surface area contributed by atoms with Crippen molar-refractivity contribution in [2.45, 2.75) is 57.3 Å². The molecule has 1 aromatic rings. The fourth-order valence-corrected chi connectivity index (χ4v) is 3.25. The van der Waals surface area contributed by atoms with Crippen molar-refractivity contribution >= 4 is 11.6 Å². The van der Waals surface area contributed by atoms with Crippen molar-refractivity contribution in [2.24, 2.45) is 5.92 Å². The molecule has 0 aliphatic heterocycles. The molecule has 2 rings (SSSR count). The highest BCUT2D eigenvalue weighted by Gasteiger charge is 2.45. The summed E-state index contributed by atoms with van der Waals surface area (Å²) in [5.74, 6) is -1.23. The Hall–Kier alpha value is -0.740. The van der Waals surface area contributed by atoms with Gasteiger partial charge < -0.3 is 5.32 Å².